The minimum Gasteiger partial charge on any atom is -0.466 e. The number of rotatable bonds is 5. The molecule has 1 atom stereocenters. The molecule has 4 heteroatoms. The summed E-state index contributed by atoms with van der Waals surface area (Å²) >= 11 is 5.41. The first-order valence-electron chi connectivity index (χ1n) is 5.25. The quantitative estimate of drug-likeness (QED) is 0.563. The Balaban J connectivity index is 1.99. The van der Waals surface area contributed by atoms with Gasteiger partial charge in [0.25, 0.3) is 0 Å². The van der Waals surface area contributed by atoms with E-state index in [0.717, 1.165) is 19.5 Å². The van der Waals surface area contributed by atoms with E-state index in [1.807, 2.05) is 0 Å². The summed E-state index contributed by atoms with van der Waals surface area (Å²) in [6.07, 6.45) is 3.78. The van der Waals surface area contributed by atoms with Crippen molar-refractivity contribution < 1.29 is 9.53 Å². The van der Waals surface area contributed by atoms with Gasteiger partial charge in [-0.25, -0.2) is 0 Å². The third-order valence-electron chi connectivity index (χ3n) is 2.49. The van der Waals surface area contributed by atoms with Gasteiger partial charge in [-0.05, 0) is 38.3 Å². The fourth-order valence-corrected chi connectivity index (χ4v) is 1.81. The maximum absolute atomic E-state index is 11.0. The van der Waals surface area contributed by atoms with Crippen LogP contribution in [-0.2, 0) is 9.53 Å². The molecule has 1 aliphatic heterocycles. The van der Waals surface area contributed by atoms with Crippen LogP contribution in [-0.4, -0.2) is 31.5 Å². The van der Waals surface area contributed by atoms with Crippen LogP contribution in [0.4, 0.5) is 0 Å². The highest BCUT2D eigenvalue weighted by Gasteiger charge is 2.13. The average Bonchev–Trinajstić information content (AvgIpc) is 2.20. The summed E-state index contributed by atoms with van der Waals surface area (Å²) in [5, 5.41) is 3.34. The third-order valence-corrected chi connectivity index (χ3v) is 2.68. The smallest absolute Gasteiger partial charge is 0.306 e. The first kappa shape index (κ1) is 11.8. The van der Waals surface area contributed by atoms with E-state index < -0.39 is 0 Å². The topological polar surface area (TPSA) is 38.3 Å². The molecule has 0 aromatic rings. The Bertz CT molecular complexity index is 170. The Morgan fingerprint density at radius 2 is 2.43 bits per heavy atom. The lowest BCUT2D eigenvalue weighted by molar-refractivity contribution is -0.143. The lowest BCUT2D eigenvalue weighted by atomic mass is 9.97. The molecule has 1 saturated heterocycles. The molecular weight excluding hydrogens is 202 g/mol. The van der Waals surface area contributed by atoms with Crippen LogP contribution in [0.2, 0.25) is 0 Å². The minimum absolute atomic E-state index is 0.177. The Kier molecular flexibility index (Phi) is 5.96. The van der Waals surface area contributed by atoms with Crippen LogP contribution in [0.1, 0.15) is 25.7 Å². The highest BCUT2D eigenvalue weighted by molar-refractivity contribution is 6.18. The zero-order valence-electron chi connectivity index (χ0n) is 8.43. The van der Waals surface area contributed by atoms with Gasteiger partial charge in [-0.3, -0.25) is 4.79 Å². The molecule has 1 rings (SSSR count). The summed E-state index contributed by atoms with van der Waals surface area (Å²) in [6, 6.07) is 0. The standard InChI is InChI=1S/C10H18ClNO2/c11-5-3-10(13)14-7-4-9-2-1-6-12-8-9/h9,12H,1-8H2. The second kappa shape index (κ2) is 7.07. The van der Waals surface area contributed by atoms with Gasteiger partial charge in [-0.15, -0.1) is 11.6 Å². The second-order valence-corrected chi connectivity index (χ2v) is 4.04. The van der Waals surface area contributed by atoms with Crippen LogP contribution >= 0.6 is 11.6 Å². The summed E-state index contributed by atoms with van der Waals surface area (Å²) in [5.74, 6) is 0.848. The number of ether oxygens (including phenoxy) is 1. The van der Waals surface area contributed by atoms with Crippen molar-refractivity contribution in [2.24, 2.45) is 5.92 Å². The number of esters is 1. The number of carbonyl (C=O) groups is 1. The van der Waals surface area contributed by atoms with Gasteiger partial charge in [0.2, 0.25) is 0 Å². The van der Waals surface area contributed by atoms with E-state index in [9.17, 15) is 4.79 Å². The third kappa shape index (κ3) is 4.82. The van der Waals surface area contributed by atoms with E-state index in [4.69, 9.17) is 16.3 Å². The molecule has 0 bridgehead atoms. The lowest BCUT2D eigenvalue weighted by Crippen LogP contribution is -2.30. The lowest BCUT2D eigenvalue weighted by Gasteiger charge is -2.22. The van der Waals surface area contributed by atoms with E-state index >= 15 is 0 Å². The normalized spacial score (nSPS) is 21.9. The first-order chi connectivity index (χ1) is 6.83. The van der Waals surface area contributed by atoms with Crippen LogP contribution in [0, 0.1) is 5.92 Å². The van der Waals surface area contributed by atoms with Gasteiger partial charge >= 0.3 is 5.97 Å². The first-order valence-corrected chi connectivity index (χ1v) is 5.78. The number of halogens is 1. The molecule has 1 fully saturated rings. The van der Waals surface area contributed by atoms with Crippen LogP contribution in [0.25, 0.3) is 0 Å². The molecule has 1 unspecified atom stereocenters. The van der Waals surface area contributed by atoms with Crippen molar-refractivity contribution >= 4 is 17.6 Å². The SMILES string of the molecule is O=C(CCCl)OCCC1CCCNC1. The van der Waals surface area contributed by atoms with Gasteiger partial charge in [-0.2, -0.15) is 0 Å². The number of piperidine rings is 1. The van der Waals surface area contributed by atoms with E-state index in [1.54, 1.807) is 0 Å². The van der Waals surface area contributed by atoms with E-state index in [0.29, 0.717) is 24.8 Å². The van der Waals surface area contributed by atoms with Crippen LogP contribution in [0.15, 0.2) is 0 Å². The van der Waals surface area contributed by atoms with Crippen LogP contribution in [0.5, 0.6) is 0 Å². The van der Waals surface area contributed by atoms with Gasteiger partial charge in [0, 0.05) is 5.88 Å². The summed E-state index contributed by atoms with van der Waals surface area (Å²) in [4.78, 5) is 11.0. The molecule has 0 spiro atoms. The zero-order chi connectivity index (χ0) is 10.2. The molecule has 82 valence electrons. The highest BCUT2D eigenvalue weighted by atomic mass is 35.5. The number of alkyl halides is 1. The number of nitrogens with one attached hydrogen (secondary N) is 1. The molecule has 1 N–H and O–H groups in total. The summed E-state index contributed by atoms with van der Waals surface area (Å²) < 4.78 is 5.03. The molecular formula is C10H18ClNO2. The Labute approximate surface area is 90.1 Å². The summed E-state index contributed by atoms with van der Waals surface area (Å²) in [7, 11) is 0. The highest BCUT2D eigenvalue weighted by Crippen LogP contribution is 2.13. The molecule has 1 heterocycles. The molecule has 3 nitrogen and oxygen atoms in total. The molecule has 0 aromatic carbocycles. The number of hydrogen-bond acceptors (Lipinski definition) is 3. The van der Waals surface area contributed by atoms with Gasteiger partial charge in [0.15, 0.2) is 0 Å². The van der Waals surface area contributed by atoms with Crippen molar-refractivity contribution in [3.05, 3.63) is 0 Å². The molecule has 0 radical (unpaired) electrons. The molecule has 0 aromatic heterocycles. The van der Waals surface area contributed by atoms with Crippen molar-refractivity contribution in [2.75, 3.05) is 25.6 Å². The maximum Gasteiger partial charge on any atom is 0.306 e. The Morgan fingerprint density at radius 3 is 3.07 bits per heavy atom. The second-order valence-electron chi connectivity index (χ2n) is 3.66. The predicted molar refractivity (Wildman–Crippen MR) is 56.5 cm³/mol. The maximum atomic E-state index is 11.0. The van der Waals surface area contributed by atoms with Crippen LogP contribution in [0.3, 0.4) is 0 Å². The van der Waals surface area contributed by atoms with Gasteiger partial charge in [-0.1, -0.05) is 0 Å². The largest absolute Gasteiger partial charge is 0.466 e. The Hall–Kier alpha value is -0.280. The van der Waals surface area contributed by atoms with E-state index in [-0.39, 0.29) is 5.97 Å². The predicted octanol–water partition coefficient (Wildman–Crippen LogP) is 1.55. The van der Waals surface area contributed by atoms with E-state index in [1.165, 1.54) is 12.8 Å². The molecule has 1 aliphatic rings. The van der Waals surface area contributed by atoms with Crippen molar-refractivity contribution in [2.45, 2.75) is 25.7 Å². The van der Waals surface area contributed by atoms with Crippen molar-refractivity contribution in [1.29, 1.82) is 0 Å². The number of carbonyl (C=O) groups excluding carboxylic acids is 1. The molecule has 0 aliphatic carbocycles. The zero-order valence-corrected chi connectivity index (χ0v) is 9.18. The van der Waals surface area contributed by atoms with E-state index in [2.05, 4.69) is 5.32 Å². The molecule has 0 amide bonds. The average molecular weight is 220 g/mol. The monoisotopic (exact) mass is 219 g/mol. The van der Waals surface area contributed by atoms with Gasteiger partial charge in [0.05, 0.1) is 13.0 Å². The fourth-order valence-electron chi connectivity index (χ4n) is 1.66. The molecule has 0 saturated carbocycles. The van der Waals surface area contributed by atoms with Crippen molar-refractivity contribution in [3.8, 4) is 0 Å². The van der Waals surface area contributed by atoms with Gasteiger partial charge < -0.3 is 10.1 Å². The molecule has 14 heavy (non-hydrogen) atoms. The minimum atomic E-state index is -0.177. The van der Waals surface area contributed by atoms with Gasteiger partial charge in [0.1, 0.15) is 0 Å². The number of hydrogen-bond donors (Lipinski definition) is 1. The summed E-state index contributed by atoms with van der Waals surface area (Å²) in [6.45, 7) is 2.73. The fraction of sp³-hybridized carbons (Fsp3) is 0.900. The van der Waals surface area contributed by atoms with Crippen molar-refractivity contribution in [3.63, 3.8) is 0 Å². The summed E-state index contributed by atoms with van der Waals surface area (Å²) in [5.41, 5.74) is 0. The van der Waals surface area contributed by atoms with Crippen LogP contribution < -0.4 is 5.32 Å². The van der Waals surface area contributed by atoms with Crippen molar-refractivity contribution in [1.82, 2.24) is 5.32 Å². The Morgan fingerprint density at radius 1 is 1.57 bits per heavy atom.